The number of methoxy groups -OCH3 is 1. The van der Waals surface area contributed by atoms with Crippen molar-refractivity contribution >= 4 is 34.8 Å². The molecule has 46 heavy (non-hydrogen) atoms. The first-order chi connectivity index (χ1) is 22.0. The zero-order valence-electron chi connectivity index (χ0n) is 28.4. The van der Waals surface area contributed by atoms with Gasteiger partial charge in [-0.3, -0.25) is 0 Å². The summed E-state index contributed by atoms with van der Waals surface area (Å²) in [5, 5.41) is 0. The Morgan fingerprint density at radius 3 is 1.15 bits per heavy atom. The van der Waals surface area contributed by atoms with Gasteiger partial charge in [-0.15, -0.1) is 0 Å². The Morgan fingerprint density at radius 1 is 0.478 bits per heavy atom. The van der Waals surface area contributed by atoms with E-state index in [4.69, 9.17) is 33.9 Å². The monoisotopic (exact) mass is 619 g/mol. The fourth-order valence-electron chi connectivity index (χ4n) is 4.57. The van der Waals surface area contributed by atoms with Crippen LogP contribution in [0, 0.1) is 13.8 Å². The number of nitrogens with zero attached hydrogens (tertiary/aromatic N) is 3. The van der Waals surface area contributed by atoms with Crippen LogP contribution in [-0.2, 0) is 14.2 Å². The van der Waals surface area contributed by atoms with Crippen LogP contribution in [0.1, 0.15) is 69.4 Å². The van der Waals surface area contributed by atoms with Crippen LogP contribution in [0.4, 0.5) is 17.1 Å². The zero-order valence-corrected chi connectivity index (χ0v) is 28.4. The Kier molecular flexibility index (Phi) is 11.7. The Hall–Kier alpha value is -4.91. The van der Waals surface area contributed by atoms with Crippen molar-refractivity contribution in [3.05, 3.63) is 119 Å². The minimum Gasteiger partial charge on any atom is -0.494 e. The molecule has 0 aliphatic heterocycles. The average molecular weight is 620 g/mol. The van der Waals surface area contributed by atoms with E-state index in [2.05, 4.69) is 0 Å². The van der Waals surface area contributed by atoms with Gasteiger partial charge in [-0.05, 0) is 109 Å². The SMILES string of the molecule is COc1ccccc1N=C(OC(C)C)c1cc(C(=Nc2ccccc2C)OC(C)C)cc(C(=Nc2ccccc2C)OC(C)C)c1. The van der Waals surface area contributed by atoms with Crippen molar-refractivity contribution < 1.29 is 18.9 Å². The van der Waals surface area contributed by atoms with Crippen LogP contribution in [0.2, 0.25) is 0 Å². The summed E-state index contributed by atoms with van der Waals surface area (Å²) in [5.41, 5.74) is 6.53. The van der Waals surface area contributed by atoms with Gasteiger partial charge in [-0.1, -0.05) is 48.5 Å². The van der Waals surface area contributed by atoms with E-state index < -0.39 is 0 Å². The van der Waals surface area contributed by atoms with E-state index in [-0.39, 0.29) is 18.3 Å². The summed E-state index contributed by atoms with van der Waals surface area (Å²) in [4.78, 5) is 15.0. The molecular weight excluding hydrogens is 574 g/mol. The molecule has 7 nitrogen and oxygen atoms in total. The second-order valence-electron chi connectivity index (χ2n) is 11.8. The molecule has 0 aliphatic carbocycles. The fourth-order valence-corrected chi connectivity index (χ4v) is 4.57. The number of para-hydroxylation sites is 4. The largest absolute Gasteiger partial charge is 0.494 e. The highest BCUT2D eigenvalue weighted by molar-refractivity contribution is 6.06. The van der Waals surface area contributed by atoms with E-state index in [1.165, 1.54) is 0 Å². The van der Waals surface area contributed by atoms with Gasteiger partial charge in [0.2, 0.25) is 17.7 Å². The van der Waals surface area contributed by atoms with Crippen LogP contribution in [0.3, 0.4) is 0 Å². The Bertz CT molecular complexity index is 1630. The molecule has 7 heteroatoms. The number of hydrogen-bond acceptors (Lipinski definition) is 7. The molecule has 0 heterocycles. The number of rotatable bonds is 10. The highest BCUT2D eigenvalue weighted by atomic mass is 16.5. The van der Waals surface area contributed by atoms with Crippen molar-refractivity contribution in [2.45, 2.75) is 73.7 Å². The average Bonchev–Trinajstić information content (AvgIpc) is 3.01. The molecule has 0 bridgehead atoms. The van der Waals surface area contributed by atoms with E-state index in [0.717, 1.165) is 33.6 Å². The maximum atomic E-state index is 6.39. The number of aryl methyl sites for hydroxylation is 2. The molecule has 0 radical (unpaired) electrons. The Morgan fingerprint density at radius 2 is 0.804 bits per heavy atom. The Labute approximate surface area is 273 Å². The van der Waals surface area contributed by atoms with Gasteiger partial charge in [0.1, 0.15) is 11.4 Å². The topological polar surface area (TPSA) is 74.0 Å². The summed E-state index contributed by atoms with van der Waals surface area (Å²) in [6, 6.07) is 29.5. The lowest BCUT2D eigenvalue weighted by Gasteiger charge is -2.19. The van der Waals surface area contributed by atoms with Crippen molar-refractivity contribution in [3.8, 4) is 5.75 Å². The first kappa shape index (κ1) is 34.0. The van der Waals surface area contributed by atoms with E-state index >= 15 is 0 Å². The number of hydrogen-bond donors (Lipinski definition) is 0. The van der Waals surface area contributed by atoms with Crippen LogP contribution < -0.4 is 4.74 Å². The number of benzene rings is 4. The van der Waals surface area contributed by atoms with Gasteiger partial charge in [0.25, 0.3) is 0 Å². The highest BCUT2D eigenvalue weighted by Gasteiger charge is 2.20. The molecule has 0 aromatic heterocycles. The van der Waals surface area contributed by atoms with Gasteiger partial charge in [-0.25, -0.2) is 15.0 Å². The summed E-state index contributed by atoms with van der Waals surface area (Å²) >= 11 is 0. The summed E-state index contributed by atoms with van der Waals surface area (Å²) in [5.74, 6) is 1.99. The molecule has 0 atom stereocenters. The zero-order chi connectivity index (χ0) is 33.2. The molecule has 0 aliphatic rings. The predicted octanol–water partition coefficient (Wildman–Crippen LogP) is 9.82. The molecule has 0 N–H and O–H groups in total. The van der Waals surface area contributed by atoms with Gasteiger partial charge in [0, 0.05) is 16.7 Å². The van der Waals surface area contributed by atoms with Gasteiger partial charge in [0.05, 0.1) is 36.8 Å². The molecule has 0 unspecified atom stereocenters. The number of ether oxygens (including phenoxy) is 4. The third kappa shape index (κ3) is 9.30. The highest BCUT2D eigenvalue weighted by Crippen LogP contribution is 2.29. The van der Waals surface area contributed by atoms with Gasteiger partial charge in [0.15, 0.2) is 0 Å². The molecule has 0 amide bonds. The van der Waals surface area contributed by atoms with Crippen molar-refractivity contribution in [2.75, 3.05) is 7.11 Å². The normalized spacial score (nSPS) is 12.6. The van der Waals surface area contributed by atoms with Crippen molar-refractivity contribution in [1.29, 1.82) is 0 Å². The molecule has 4 aromatic rings. The first-order valence-corrected chi connectivity index (χ1v) is 15.7. The van der Waals surface area contributed by atoms with E-state index in [1.807, 2.05) is 146 Å². The predicted molar refractivity (Wildman–Crippen MR) is 189 cm³/mol. The number of aliphatic imine (C=N–C) groups is 3. The minimum atomic E-state index is -0.153. The lowest BCUT2D eigenvalue weighted by Crippen LogP contribution is -2.19. The summed E-state index contributed by atoms with van der Waals surface area (Å²) in [6.45, 7) is 16.0. The van der Waals surface area contributed by atoms with Crippen LogP contribution in [0.25, 0.3) is 0 Å². The van der Waals surface area contributed by atoms with Crippen molar-refractivity contribution in [2.24, 2.45) is 15.0 Å². The maximum Gasteiger partial charge on any atom is 0.221 e. The maximum absolute atomic E-state index is 6.39. The first-order valence-electron chi connectivity index (χ1n) is 15.7. The van der Waals surface area contributed by atoms with E-state index in [0.29, 0.717) is 34.7 Å². The van der Waals surface area contributed by atoms with Crippen molar-refractivity contribution in [3.63, 3.8) is 0 Å². The molecule has 240 valence electrons. The van der Waals surface area contributed by atoms with Crippen LogP contribution >= 0.6 is 0 Å². The molecule has 0 fully saturated rings. The van der Waals surface area contributed by atoms with Crippen LogP contribution in [0.15, 0.2) is 106 Å². The lowest BCUT2D eigenvalue weighted by molar-refractivity contribution is 0.228. The molecule has 0 saturated carbocycles. The fraction of sp³-hybridized carbons (Fsp3) is 0.308. The molecular formula is C39H45N3O4. The van der Waals surface area contributed by atoms with Crippen LogP contribution in [-0.4, -0.2) is 43.1 Å². The lowest BCUT2D eigenvalue weighted by atomic mass is 10.0. The van der Waals surface area contributed by atoms with E-state index in [9.17, 15) is 0 Å². The van der Waals surface area contributed by atoms with Crippen LogP contribution in [0.5, 0.6) is 5.75 Å². The molecule has 4 aromatic carbocycles. The minimum absolute atomic E-state index is 0.129. The second kappa shape index (κ2) is 15.9. The summed E-state index contributed by atoms with van der Waals surface area (Å²) in [7, 11) is 1.63. The summed E-state index contributed by atoms with van der Waals surface area (Å²) < 4.78 is 24.8. The Balaban J connectivity index is 2.04. The molecule has 0 spiro atoms. The molecule has 4 rings (SSSR count). The van der Waals surface area contributed by atoms with Gasteiger partial charge in [-0.2, -0.15) is 0 Å². The third-order valence-electron chi connectivity index (χ3n) is 6.70. The second-order valence-corrected chi connectivity index (χ2v) is 11.8. The van der Waals surface area contributed by atoms with Gasteiger partial charge < -0.3 is 18.9 Å². The van der Waals surface area contributed by atoms with E-state index in [1.54, 1.807) is 7.11 Å². The quantitative estimate of drug-likeness (QED) is 0.131. The standard InChI is InChI=1S/C39H45N3O4/c1-25(2)44-37(40-33-18-12-10-16-28(33)7)30-22-31(38(45-26(3)4)41-34-19-13-11-17-29(34)8)24-32(23-30)39(46-27(5)6)42-35-20-14-15-21-36(35)43-9/h10-27H,1-9H3. The van der Waals surface area contributed by atoms with Crippen molar-refractivity contribution in [1.82, 2.24) is 0 Å². The van der Waals surface area contributed by atoms with Gasteiger partial charge >= 0.3 is 0 Å². The smallest absolute Gasteiger partial charge is 0.221 e. The summed E-state index contributed by atoms with van der Waals surface area (Å²) in [6.07, 6.45) is -0.411. The molecule has 0 saturated heterocycles. The third-order valence-corrected chi connectivity index (χ3v) is 6.70.